The fraction of sp³-hybridized carbons (Fsp3) is 0.111. The summed E-state index contributed by atoms with van der Waals surface area (Å²) in [7, 11) is 0. The summed E-state index contributed by atoms with van der Waals surface area (Å²) in [6.45, 7) is 0. The van der Waals surface area contributed by atoms with Gasteiger partial charge in [0, 0.05) is 21.4 Å². The monoisotopic (exact) mass is 394 g/mol. The Balaban J connectivity index is 2.16. The Hall–Kier alpha value is -1.26. The van der Waals surface area contributed by atoms with E-state index in [4.69, 9.17) is 34.8 Å². The molecule has 0 aliphatic heterocycles. The van der Waals surface area contributed by atoms with Crippen molar-refractivity contribution in [3.63, 3.8) is 0 Å². The number of benzene rings is 1. The van der Waals surface area contributed by atoms with E-state index in [-0.39, 0.29) is 5.28 Å². The molecule has 3 rings (SSSR count). The van der Waals surface area contributed by atoms with E-state index in [1.165, 1.54) is 0 Å². The predicted molar refractivity (Wildman–Crippen MR) is 106 cm³/mol. The van der Waals surface area contributed by atoms with Crippen molar-refractivity contribution in [2.45, 2.75) is 5.25 Å². The molecule has 2 aromatic rings. The highest BCUT2D eigenvalue weighted by atomic mass is 35.5. The first-order valence-corrected chi connectivity index (χ1v) is 9.59. The van der Waals surface area contributed by atoms with Crippen LogP contribution in [0.1, 0.15) is 5.56 Å². The van der Waals surface area contributed by atoms with Crippen LogP contribution in [0.3, 0.4) is 0 Å². The molecule has 0 saturated heterocycles. The number of allylic oxidation sites excluding steroid dienone is 4. The second kappa shape index (κ2) is 7.75. The van der Waals surface area contributed by atoms with Gasteiger partial charge in [-0.1, -0.05) is 65.7 Å². The predicted octanol–water partition coefficient (Wildman–Crippen LogP) is 6.34. The molecule has 0 bridgehead atoms. The van der Waals surface area contributed by atoms with E-state index in [9.17, 15) is 0 Å². The molecule has 1 aliphatic carbocycles. The highest BCUT2D eigenvalue weighted by Crippen LogP contribution is 2.35. The molecule has 0 spiro atoms. The molecule has 122 valence electrons. The van der Waals surface area contributed by atoms with Gasteiger partial charge >= 0.3 is 0 Å². The van der Waals surface area contributed by atoms with Gasteiger partial charge in [0.15, 0.2) is 0 Å². The quantitative estimate of drug-likeness (QED) is 0.447. The Morgan fingerprint density at radius 1 is 1.00 bits per heavy atom. The molecule has 0 saturated carbocycles. The molecule has 0 radical (unpaired) electrons. The maximum atomic E-state index is 6.41. The third kappa shape index (κ3) is 3.86. The maximum Gasteiger partial charge on any atom is 0.224 e. The van der Waals surface area contributed by atoms with Crippen LogP contribution in [0.2, 0.25) is 15.5 Å². The van der Waals surface area contributed by atoms with E-state index in [1.54, 1.807) is 11.8 Å². The van der Waals surface area contributed by atoms with Crippen molar-refractivity contribution >= 4 is 52.1 Å². The minimum absolute atomic E-state index is 0.115. The van der Waals surface area contributed by atoms with Crippen LogP contribution in [0.4, 0.5) is 0 Å². The van der Waals surface area contributed by atoms with Gasteiger partial charge in [-0.05, 0) is 35.6 Å². The Bertz CT molecular complexity index is 842. The van der Waals surface area contributed by atoms with Crippen molar-refractivity contribution in [3.05, 3.63) is 75.7 Å². The average Bonchev–Trinajstić information content (AvgIpc) is 2.80. The van der Waals surface area contributed by atoms with Crippen LogP contribution >= 0.6 is 46.6 Å². The molecule has 1 unspecified atom stereocenters. The summed E-state index contributed by atoms with van der Waals surface area (Å²) in [5, 5.41) is 1.42. The van der Waals surface area contributed by atoms with Crippen LogP contribution in [0.5, 0.6) is 0 Å². The van der Waals surface area contributed by atoms with E-state index < -0.39 is 0 Å². The molecule has 1 aromatic heterocycles. The minimum atomic E-state index is 0.115. The lowest BCUT2D eigenvalue weighted by atomic mass is 10.0. The number of thioether (sulfide) groups is 1. The van der Waals surface area contributed by atoms with Crippen molar-refractivity contribution in [1.82, 2.24) is 9.97 Å². The van der Waals surface area contributed by atoms with Gasteiger partial charge in [0.1, 0.15) is 5.15 Å². The summed E-state index contributed by atoms with van der Waals surface area (Å²) in [5.41, 5.74) is 3.26. The van der Waals surface area contributed by atoms with E-state index in [2.05, 4.69) is 28.4 Å². The summed E-state index contributed by atoms with van der Waals surface area (Å²) < 4.78 is 0. The van der Waals surface area contributed by atoms with Crippen LogP contribution in [-0.4, -0.2) is 21.5 Å². The summed E-state index contributed by atoms with van der Waals surface area (Å²) in [4.78, 5) is 8.51. The largest absolute Gasteiger partial charge is 0.224 e. The molecular formula is C18H13Cl3N2S. The van der Waals surface area contributed by atoms with Crippen molar-refractivity contribution in [2.75, 3.05) is 6.26 Å². The Morgan fingerprint density at radius 2 is 1.75 bits per heavy atom. The lowest BCUT2D eigenvalue weighted by Crippen LogP contribution is -1.98. The average molecular weight is 396 g/mol. The van der Waals surface area contributed by atoms with Gasteiger partial charge in [-0.3, -0.25) is 0 Å². The van der Waals surface area contributed by atoms with Gasteiger partial charge in [0.05, 0.1) is 5.69 Å². The lowest BCUT2D eigenvalue weighted by molar-refractivity contribution is 1.16. The third-order valence-corrected chi connectivity index (χ3v) is 5.11. The Morgan fingerprint density at radius 3 is 2.46 bits per heavy atom. The molecule has 2 nitrogen and oxygen atoms in total. The number of hydrogen-bond acceptors (Lipinski definition) is 3. The second-order valence-corrected chi connectivity index (χ2v) is 7.23. The van der Waals surface area contributed by atoms with Gasteiger partial charge < -0.3 is 0 Å². The second-order valence-electron chi connectivity index (χ2n) is 5.08. The summed E-state index contributed by atoms with van der Waals surface area (Å²) >= 11 is 20.2. The van der Waals surface area contributed by atoms with Gasteiger partial charge in [0.25, 0.3) is 0 Å². The van der Waals surface area contributed by atoms with Crippen LogP contribution in [0.15, 0.2) is 54.6 Å². The molecule has 0 amide bonds. The van der Waals surface area contributed by atoms with Crippen molar-refractivity contribution in [2.24, 2.45) is 0 Å². The number of aromatic nitrogens is 2. The first kappa shape index (κ1) is 17.6. The first-order chi connectivity index (χ1) is 11.6. The zero-order valence-corrected chi connectivity index (χ0v) is 15.8. The van der Waals surface area contributed by atoms with Crippen molar-refractivity contribution < 1.29 is 0 Å². The maximum absolute atomic E-state index is 6.41. The molecule has 0 N–H and O–H groups in total. The van der Waals surface area contributed by atoms with Crippen molar-refractivity contribution in [1.29, 1.82) is 0 Å². The standard InChI is InChI=1S/C18H13Cl3N2S/c1-24-14-4-2-3-11(7-10-14)15-16(22-18(21)23-17(15)20)12-5-8-13(19)9-6-12/h2-10,14H,1H3. The van der Waals surface area contributed by atoms with Crippen LogP contribution in [0.25, 0.3) is 16.8 Å². The highest BCUT2D eigenvalue weighted by molar-refractivity contribution is 7.99. The molecular weight excluding hydrogens is 383 g/mol. The topological polar surface area (TPSA) is 25.8 Å². The fourth-order valence-corrected chi connectivity index (χ4v) is 3.49. The smallest absolute Gasteiger partial charge is 0.217 e. The number of hydrogen-bond donors (Lipinski definition) is 0. The molecule has 1 aromatic carbocycles. The van der Waals surface area contributed by atoms with E-state index in [0.717, 1.165) is 16.7 Å². The summed E-state index contributed by atoms with van der Waals surface area (Å²) in [6.07, 6.45) is 12.4. The van der Waals surface area contributed by atoms with Crippen LogP contribution < -0.4 is 0 Å². The molecule has 24 heavy (non-hydrogen) atoms. The van der Waals surface area contributed by atoms with E-state index in [0.29, 0.717) is 21.1 Å². The SMILES string of the molecule is CSC1C=CC=C(c2c(Cl)nc(Cl)nc2-c2ccc(Cl)cc2)C=C1. The van der Waals surface area contributed by atoms with Gasteiger partial charge in [0.2, 0.25) is 5.28 Å². The van der Waals surface area contributed by atoms with Gasteiger partial charge in [-0.15, -0.1) is 0 Å². The summed E-state index contributed by atoms with van der Waals surface area (Å²) in [5.74, 6) is 0. The Labute approximate surface area is 160 Å². The van der Waals surface area contributed by atoms with Crippen molar-refractivity contribution in [3.8, 4) is 11.3 Å². The zero-order chi connectivity index (χ0) is 17.1. The van der Waals surface area contributed by atoms with E-state index in [1.807, 2.05) is 42.5 Å². The van der Waals surface area contributed by atoms with Gasteiger partial charge in [-0.25, -0.2) is 9.97 Å². The van der Waals surface area contributed by atoms with Crippen LogP contribution in [-0.2, 0) is 0 Å². The number of rotatable bonds is 3. The number of halogens is 3. The normalized spacial score (nSPS) is 16.8. The molecule has 6 heteroatoms. The summed E-state index contributed by atoms with van der Waals surface area (Å²) in [6, 6.07) is 7.40. The molecule has 1 heterocycles. The lowest BCUT2D eigenvalue weighted by Gasteiger charge is -2.12. The molecule has 1 aliphatic rings. The van der Waals surface area contributed by atoms with E-state index >= 15 is 0 Å². The Kier molecular flexibility index (Phi) is 5.67. The third-order valence-electron chi connectivity index (χ3n) is 3.56. The fourth-order valence-electron chi connectivity index (χ4n) is 2.39. The molecule has 1 atom stereocenters. The highest BCUT2D eigenvalue weighted by Gasteiger charge is 2.17. The van der Waals surface area contributed by atoms with Gasteiger partial charge in [-0.2, -0.15) is 11.8 Å². The minimum Gasteiger partial charge on any atom is -0.217 e. The first-order valence-electron chi connectivity index (χ1n) is 7.17. The number of nitrogens with zero attached hydrogens (tertiary/aromatic N) is 2. The molecule has 0 fully saturated rings. The zero-order valence-electron chi connectivity index (χ0n) is 12.7. The van der Waals surface area contributed by atoms with Crippen LogP contribution in [0, 0.1) is 0 Å².